The van der Waals surface area contributed by atoms with Crippen LogP contribution in [0.1, 0.15) is 34.3 Å². The second-order valence-corrected chi connectivity index (χ2v) is 9.56. The molecule has 0 unspecified atom stereocenters. The number of likely N-dealkylation sites (tertiary alicyclic amines) is 1. The summed E-state index contributed by atoms with van der Waals surface area (Å²) in [6.45, 7) is 1.86. The van der Waals surface area contributed by atoms with E-state index >= 15 is 0 Å². The largest absolute Gasteiger partial charge is 0.349 e. The summed E-state index contributed by atoms with van der Waals surface area (Å²) in [6.07, 6.45) is 10.4. The van der Waals surface area contributed by atoms with Gasteiger partial charge in [-0.15, -0.1) is 0 Å². The third-order valence-corrected chi connectivity index (χ3v) is 6.93. The van der Waals surface area contributed by atoms with E-state index in [-0.39, 0.29) is 17.9 Å². The van der Waals surface area contributed by atoms with Gasteiger partial charge < -0.3 is 10.2 Å². The van der Waals surface area contributed by atoms with Gasteiger partial charge in [0, 0.05) is 65.9 Å². The van der Waals surface area contributed by atoms with Crippen molar-refractivity contribution in [1.29, 1.82) is 0 Å². The minimum Gasteiger partial charge on any atom is -0.349 e. The van der Waals surface area contributed by atoms with Gasteiger partial charge in [0.15, 0.2) is 0 Å². The third kappa shape index (κ3) is 5.78. The van der Waals surface area contributed by atoms with Crippen molar-refractivity contribution in [3.63, 3.8) is 0 Å². The van der Waals surface area contributed by atoms with Crippen LogP contribution in [0.2, 0.25) is 0 Å². The maximum atomic E-state index is 12.9. The number of rotatable bonds is 7. The van der Waals surface area contributed by atoms with Gasteiger partial charge in [-0.3, -0.25) is 19.3 Å². The highest BCUT2D eigenvalue weighted by molar-refractivity contribution is 7.08. The van der Waals surface area contributed by atoms with E-state index in [9.17, 15) is 9.59 Å². The van der Waals surface area contributed by atoms with Gasteiger partial charge in [-0.25, -0.2) is 0 Å². The molecule has 36 heavy (non-hydrogen) atoms. The minimum atomic E-state index is -0.0450. The number of aromatic nitrogens is 3. The molecule has 4 aromatic rings. The molecule has 1 aliphatic rings. The van der Waals surface area contributed by atoms with Crippen molar-refractivity contribution in [3.8, 4) is 11.3 Å². The molecule has 7 nitrogen and oxygen atoms in total. The number of piperidine rings is 1. The summed E-state index contributed by atoms with van der Waals surface area (Å²) in [5.74, 6) is -0.0816. The van der Waals surface area contributed by atoms with E-state index in [1.54, 1.807) is 18.5 Å². The lowest BCUT2D eigenvalue weighted by Crippen LogP contribution is -2.46. The van der Waals surface area contributed by atoms with Gasteiger partial charge in [0.2, 0.25) is 5.91 Å². The predicted octanol–water partition coefficient (Wildman–Crippen LogP) is 4.49. The van der Waals surface area contributed by atoms with Crippen LogP contribution in [-0.2, 0) is 11.3 Å². The normalized spacial score (nSPS) is 14.3. The molecule has 2 amide bonds. The molecule has 0 aliphatic carbocycles. The average molecular weight is 498 g/mol. The van der Waals surface area contributed by atoms with Crippen LogP contribution in [0.5, 0.6) is 0 Å². The van der Waals surface area contributed by atoms with Gasteiger partial charge in [-0.1, -0.05) is 30.3 Å². The molecule has 0 radical (unpaired) electrons. The Labute approximate surface area is 214 Å². The lowest BCUT2D eigenvalue weighted by atomic mass is 10.0. The molecule has 0 spiro atoms. The summed E-state index contributed by atoms with van der Waals surface area (Å²) in [6, 6.07) is 15.9. The first kappa shape index (κ1) is 23.7. The molecule has 0 atom stereocenters. The molecule has 0 bridgehead atoms. The van der Waals surface area contributed by atoms with E-state index in [2.05, 4.69) is 22.4 Å². The molecular formula is C28H27N5O2S. The molecule has 0 saturated carbocycles. The summed E-state index contributed by atoms with van der Waals surface area (Å²) in [5, 5.41) is 11.6. The Bertz CT molecular complexity index is 1330. The Kier molecular flexibility index (Phi) is 7.33. The van der Waals surface area contributed by atoms with E-state index in [1.807, 2.05) is 69.0 Å². The van der Waals surface area contributed by atoms with Gasteiger partial charge in [0.1, 0.15) is 5.69 Å². The minimum absolute atomic E-state index is 0.0365. The summed E-state index contributed by atoms with van der Waals surface area (Å²) < 4.78 is 1.89. The third-order valence-electron chi connectivity index (χ3n) is 6.24. The Hall–Kier alpha value is -4.04. The van der Waals surface area contributed by atoms with E-state index in [4.69, 9.17) is 5.10 Å². The van der Waals surface area contributed by atoms with Crippen molar-refractivity contribution >= 4 is 29.2 Å². The van der Waals surface area contributed by atoms with Crippen molar-refractivity contribution in [3.05, 3.63) is 101 Å². The van der Waals surface area contributed by atoms with Gasteiger partial charge in [0.05, 0.1) is 6.54 Å². The molecule has 1 N–H and O–H groups in total. The Morgan fingerprint density at radius 1 is 1.08 bits per heavy atom. The first-order valence-corrected chi connectivity index (χ1v) is 12.9. The number of hydrogen-bond acceptors (Lipinski definition) is 5. The van der Waals surface area contributed by atoms with Crippen molar-refractivity contribution in [2.75, 3.05) is 13.1 Å². The zero-order valence-electron chi connectivity index (χ0n) is 19.8. The number of hydrogen-bond donors (Lipinski definition) is 1. The van der Waals surface area contributed by atoms with Crippen LogP contribution < -0.4 is 5.32 Å². The second-order valence-electron chi connectivity index (χ2n) is 8.78. The molecular weight excluding hydrogens is 470 g/mol. The standard InChI is InChI=1S/C28H27N5O2S/c34-26(32-14-10-25(11-15-32)30-28(35)24-12-16-36-20-24)9-8-23-19-33(18-21-5-2-1-3-6-21)31-27(23)22-7-4-13-29-17-22/h1-9,12-13,16-17,19-20,25H,10-11,14-15,18H2,(H,30,35). The lowest BCUT2D eigenvalue weighted by molar-refractivity contribution is -0.126. The number of carbonyl (C=O) groups is 2. The quantitative estimate of drug-likeness (QED) is 0.382. The number of amides is 2. The van der Waals surface area contributed by atoms with Crippen molar-refractivity contribution in [2.45, 2.75) is 25.4 Å². The van der Waals surface area contributed by atoms with Crippen molar-refractivity contribution in [1.82, 2.24) is 25.0 Å². The molecule has 1 aromatic carbocycles. The average Bonchev–Trinajstić information content (AvgIpc) is 3.60. The number of thiophene rings is 1. The van der Waals surface area contributed by atoms with E-state index in [0.29, 0.717) is 25.2 Å². The molecule has 1 saturated heterocycles. The number of carbonyl (C=O) groups excluding carboxylic acids is 2. The zero-order chi connectivity index (χ0) is 24.7. The van der Waals surface area contributed by atoms with Crippen LogP contribution in [0.3, 0.4) is 0 Å². The molecule has 5 rings (SSSR count). The molecule has 4 heterocycles. The van der Waals surface area contributed by atoms with E-state index in [0.717, 1.165) is 35.2 Å². The zero-order valence-corrected chi connectivity index (χ0v) is 20.6. The van der Waals surface area contributed by atoms with E-state index in [1.165, 1.54) is 11.3 Å². The van der Waals surface area contributed by atoms with Crippen LogP contribution in [-0.4, -0.2) is 50.6 Å². The maximum absolute atomic E-state index is 12.9. The summed E-state index contributed by atoms with van der Waals surface area (Å²) in [4.78, 5) is 31.3. The second kappa shape index (κ2) is 11.1. The summed E-state index contributed by atoms with van der Waals surface area (Å²) in [5.41, 5.74) is 4.40. The first-order chi connectivity index (χ1) is 17.7. The topological polar surface area (TPSA) is 80.1 Å². The van der Waals surface area contributed by atoms with Gasteiger partial charge in [-0.05, 0) is 48.1 Å². The smallest absolute Gasteiger partial charge is 0.252 e. The summed E-state index contributed by atoms with van der Waals surface area (Å²) in [7, 11) is 0. The molecule has 1 fully saturated rings. The fourth-order valence-electron chi connectivity index (χ4n) is 4.31. The van der Waals surface area contributed by atoms with E-state index < -0.39 is 0 Å². The van der Waals surface area contributed by atoms with Crippen molar-refractivity contribution in [2.24, 2.45) is 0 Å². The Balaban J connectivity index is 1.24. The van der Waals surface area contributed by atoms with Gasteiger partial charge in [-0.2, -0.15) is 16.4 Å². The SMILES string of the molecule is O=C(NC1CCN(C(=O)C=Cc2cn(Cc3ccccc3)nc2-c2cccnc2)CC1)c1ccsc1. The summed E-state index contributed by atoms with van der Waals surface area (Å²) >= 11 is 1.51. The lowest BCUT2D eigenvalue weighted by Gasteiger charge is -2.31. The van der Waals surface area contributed by atoms with Crippen LogP contribution in [0.4, 0.5) is 0 Å². The Morgan fingerprint density at radius 2 is 1.92 bits per heavy atom. The van der Waals surface area contributed by atoms with Crippen LogP contribution in [0.15, 0.2) is 84.0 Å². The van der Waals surface area contributed by atoms with Crippen molar-refractivity contribution < 1.29 is 9.59 Å². The predicted molar refractivity (Wildman–Crippen MR) is 141 cm³/mol. The first-order valence-electron chi connectivity index (χ1n) is 12.0. The van der Waals surface area contributed by atoms with Crippen LogP contribution in [0, 0.1) is 0 Å². The molecule has 182 valence electrons. The van der Waals surface area contributed by atoms with Gasteiger partial charge in [0.25, 0.3) is 5.91 Å². The molecule has 8 heteroatoms. The fourth-order valence-corrected chi connectivity index (χ4v) is 4.95. The van der Waals surface area contributed by atoms with Gasteiger partial charge >= 0.3 is 0 Å². The highest BCUT2D eigenvalue weighted by Gasteiger charge is 2.23. The molecule has 1 aliphatic heterocycles. The number of nitrogens with zero attached hydrogens (tertiary/aromatic N) is 4. The highest BCUT2D eigenvalue weighted by atomic mass is 32.1. The van der Waals surface area contributed by atoms with Crippen LogP contribution >= 0.6 is 11.3 Å². The monoisotopic (exact) mass is 497 g/mol. The van der Waals surface area contributed by atoms with Crippen LogP contribution in [0.25, 0.3) is 17.3 Å². The maximum Gasteiger partial charge on any atom is 0.252 e. The number of benzene rings is 1. The highest BCUT2D eigenvalue weighted by Crippen LogP contribution is 2.23. The number of nitrogens with one attached hydrogen (secondary N) is 1. The molecule has 3 aromatic heterocycles. The number of pyridine rings is 1. The fraction of sp³-hybridized carbons (Fsp3) is 0.214. The Morgan fingerprint density at radius 3 is 2.64 bits per heavy atom.